The maximum Gasteiger partial charge on any atom is 0.293 e. The fourth-order valence-corrected chi connectivity index (χ4v) is 3.36. The summed E-state index contributed by atoms with van der Waals surface area (Å²) in [5.41, 5.74) is 2.20. The third kappa shape index (κ3) is 4.36. The van der Waals surface area contributed by atoms with Crippen LogP contribution in [-0.4, -0.2) is 19.6 Å². The van der Waals surface area contributed by atoms with E-state index in [1.165, 1.54) is 12.1 Å². The van der Waals surface area contributed by atoms with Crippen LogP contribution < -0.4 is 5.32 Å². The second-order valence-corrected chi connectivity index (χ2v) is 8.45. The summed E-state index contributed by atoms with van der Waals surface area (Å²) in [4.78, 5) is 10.8. The molecule has 0 aliphatic carbocycles. The molecule has 0 fully saturated rings. The minimum Gasteiger partial charge on any atom is -0.372 e. The first-order valence-corrected chi connectivity index (χ1v) is 9.81. The second-order valence-electron chi connectivity index (χ2n) is 6.43. The molecule has 0 saturated carbocycles. The highest BCUT2D eigenvalue weighted by Gasteiger charge is 2.23. The Balaban J connectivity index is 2.50. The molecule has 1 unspecified atom stereocenters. The average molecular weight is 362 g/mol. The van der Waals surface area contributed by atoms with E-state index in [0.717, 1.165) is 23.4 Å². The molecule has 0 aromatic heterocycles. The van der Waals surface area contributed by atoms with Crippen LogP contribution in [0.25, 0.3) is 0 Å². The number of nitrogens with one attached hydrogen (secondary N) is 1. The van der Waals surface area contributed by atoms with Gasteiger partial charge in [-0.15, -0.1) is 0 Å². The van der Waals surface area contributed by atoms with Crippen molar-refractivity contribution >= 4 is 21.2 Å². The highest BCUT2D eigenvalue weighted by Crippen LogP contribution is 2.34. The minimum atomic E-state index is -3.51. The molecule has 1 atom stereocenters. The predicted octanol–water partition coefficient (Wildman–Crippen LogP) is 4.12. The van der Waals surface area contributed by atoms with Crippen molar-refractivity contribution in [2.75, 3.05) is 11.6 Å². The molecule has 25 heavy (non-hydrogen) atoms. The summed E-state index contributed by atoms with van der Waals surface area (Å²) in [6, 6.07) is 11.7. The summed E-state index contributed by atoms with van der Waals surface area (Å²) in [5.74, 6) is 0.176. The highest BCUT2D eigenvalue weighted by atomic mass is 32.2. The number of nitro benzene ring substituents is 1. The number of sulfone groups is 1. The van der Waals surface area contributed by atoms with E-state index in [9.17, 15) is 18.5 Å². The summed E-state index contributed by atoms with van der Waals surface area (Å²) < 4.78 is 23.3. The van der Waals surface area contributed by atoms with Crippen molar-refractivity contribution in [2.45, 2.75) is 31.7 Å². The van der Waals surface area contributed by atoms with E-state index in [2.05, 4.69) is 5.32 Å². The van der Waals surface area contributed by atoms with Crippen LogP contribution >= 0.6 is 0 Å². The molecule has 134 valence electrons. The Morgan fingerprint density at radius 1 is 1.12 bits per heavy atom. The van der Waals surface area contributed by atoms with Gasteiger partial charge in [0.2, 0.25) is 0 Å². The molecule has 2 aromatic rings. The Kier molecular flexibility index (Phi) is 5.47. The minimum absolute atomic E-state index is 0.0678. The first kappa shape index (κ1) is 18.9. The van der Waals surface area contributed by atoms with Gasteiger partial charge >= 0.3 is 0 Å². The van der Waals surface area contributed by atoms with Gasteiger partial charge in [0, 0.05) is 12.3 Å². The summed E-state index contributed by atoms with van der Waals surface area (Å²) in [5, 5.41) is 14.7. The highest BCUT2D eigenvalue weighted by molar-refractivity contribution is 7.90. The predicted molar refractivity (Wildman–Crippen MR) is 98.6 cm³/mol. The lowest BCUT2D eigenvalue weighted by atomic mass is 9.92. The normalized spacial score (nSPS) is 12.8. The SMILES string of the molecule is Cc1ccccc1C(Nc1ccc(S(C)(=O)=O)cc1[N+](=O)[O-])C(C)C. The molecular weight excluding hydrogens is 340 g/mol. The standard InChI is InChI=1S/C18H22N2O4S/c1-12(2)18(15-8-6-5-7-13(15)3)19-16-10-9-14(25(4,23)24)11-17(16)20(21)22/h5-12,18-19H,1-4H3. The van der Waals surface area contributed by atoms with Gasteiger partial charge in [-0.25, -0.2) is 8.42 Å². The monoisotopic (exact) mass is 362 g/mol. The van der Waals surface area contributed by atoms with Crippen LogP contribution in [0, 0.1) is 23.0 Å². The lowest BCUT2D eigenvalue weighted by molar-refractivity contribution is -0.384. The number of nitrogens with zero attached hydrogens (tertiary/aromatic N) is 1. The molecule has 7 heteroatoms. The fourth-order valence-electron chi connectivity index (χ4n) is 2.72. The van der Waals surface area contributed by atoms with Gasteiger partial charge in [-0.3, -0.25) is 10.1 Å². The summed E-state index contributed by atoms with van der Waals surface area (Å²) >= 11 is 0. The van der Waals surface area contributed by atoms with Gasteiger partial charge < -0.3 is 5.32 Å². The zero-order valence-electron chi connectivity index (χ0n) is 14.7. The molecule has 0 aliphatic rings. The van der Waals surface area contributed by atoms with E-state index in [0.29, 0.717) is 5.69 Å². The van der Waals surface area contributed by atoms with Crippen LogP contribution in [0.2, 0.25) is 0 Å². The number of benzene rings is 2. The van der Waals surface area contributed by atoms with E-state index >= 15 is 0 Å². The molecule has 0 spiro atoms. The smallest absolute Gasteiger partial charge is 0.293 e. The van der Waals surface area contributed by atoms with E-state index in [4.69, 9.17) is 0 Å². The van der Waals surface area contributed by atoms with Crippen molar-refractivity contribution in [3.8, 4) is 0 Å². The van der Waals surface area contributed by atoms with Crippen LogP contribution in [0.4, 0.5) is 11.4 Å². The van der Waals surface area contributed by atoms with Gasteiger partial charge in [0.1, 0.15) is 5.69 Å². The van der Waals surface area contributed by atoms with E-state index in [-0.39, 0.29) is 22.5 Å². The van der Waals surface area contributed by atoms with Crippen molar-refractivity contribution < 1.29 is 13.3 Å². The molecule has 0 amide bonds. The molecule has 0 aliphatic heterocycles. The molecule has 0 heterocycles. The van der Waals surface area contributed by atoms with Gasteiger partial charge in [-0.1, -0.05) is 38.1 Å². The fraction of sp³-hybridized carbons (Fsp3) is 0.333. The number of rotatable bonds is 6. The Hall–Kier alpha value is -2.41. The molecule has 6 nitrogen and oxygen atoms in total. The first-order chi connectivity index (χ1) is 11.6. The van der Waals surface area contributed by atoms with Crippen molar-refractivity contribution in [3.05, 3.63) is 63.7 Å². The number of hydrogen-bond donors (Lipinski definition) is 1. The van der Waals surface area contributed by atoms with Gasteiger partial charge in [0.25, 0.3) is 5.69 Å². The summed E-state index contributed by atoms with van der Waals surface area (Å²) in [6.45, 7) is 6.05. The van der Waals surface area contributed by atoms with E-state index < -0.39 is 14.8 Å². The summed E-state index contributed by atoms with van der Waals surface area (Å²) in [6.07, 6.45) is 1.03. The second kappa shape index (κ2) is 7.23. The van der Waals surface area contributed by atoms with Crippen LogP contribution in [0.5, 0.6) is 0 Å². The molecule has 2 aromatic carbocycles. The van der Waals surface area contributed by atoms with Crippen molar-refractivity contribution in [1.29, 1.82) is 0 Å². The average Bonchev–Trinajstić information content (AvgIpc) is 2.52. The zero-order chi connectivity index (χ0) is 18.8. The zero-order valence-corrected chi connectivity index (χ0v) is 15.5. The van der Waals surface area contributed by atoms with E-state index in [1.54, 1.807) is 0 Å². The van der Waals surface area contributed by atoms with Crippen molar-refractivity contribution in [2.24, 2.45) is 5.92 Å². The van der Waals surface area contributed by atoms with Crippen molar-refractivity contribution in [3.63, 3.8) is 0 Å². The van der Waals surface area contributed by atoms with Gasteiger partial charge in [0.05, 0.1) is 15.9 Å². The maximum atomic E-state index is 11.7. The van der Waals surface area contributed by atoms with Crippen LogP contribution in [-0.2, 0) is 9.84 Å². The van der Waals surface area contributed by atoms with E-state index in [1.807, 2.05) is 45.0 Å². The van der Waals surface area contributed by atoms with Gasteiger partial charge in [-0.2, -0.15) is 0 Å². The Morgan fingerprint density at radius 2 is 1.76 bits per heavy atom. The molecule has 0 saturated heterocycles. The number of nitro groups is 1. The first-order valence-electron chi connectivity index (χ1n) is 7.92. The molecule has 1 N–H and O–H groups in total. The Bertz CT molecular complexity index is 892. The lowest BCUT2D eigenvalue weighted by Crippen LogP contribution is -2.18. The number of hydrogen-bond acceptors (Lipinski definition) is 5. The molecule has 0 bridgehead atoms. The van der Waals surface area contributed by atoms with Crippen LogP contribution in [0.3, 0.4) is 0 Å². The third-order valence-corrected chi connectivity index (χ3v) is 5.21. The Labute approximate surface area is 148 Å². The number of anilines is 1. The lowest BCUT2D eigenvalue weighted by Gasteiger charge is -2.25. The largest absolute Gasteiger partial charge is 0.372 e. The van der Waals surface area contributed by atoms with Crippen molar-refractivity contribution in [1.82, 2.24) is 0 Å². The van der Waals surface area contributed by atoms with Crippen LogP contribution in [0.1, 0.15) is 31.0 Å². The summed E-state index contributed by atoms with van der Waals surface area (Å²) in [7, 11) is -3.51. The van der Waals surface area contributed by atoms with Gasteiger partial charge in [-0.05, 0) is 36.1 Å². The third-order valence-electron chi connectivity index (χ3n) is 4.10. The topological polar surface area (TPSA) is 89.3 Å². The molecule has 0 radical (unpaired) electrons. The number of aryl methyl sites for hydroxylation is 1. The maximum absolute atomic E-state index is 11.7. The molecular formula is C18H22N2O4S. The molecule has 2 rings (SSSR count). The van der Waals surface area contributed by atoms with Gasteiger partial charge in [0.15, 0.2) is 9.84 Å². The quantitative estimate of drug-likeness (QED) is 0.617. The van der Waals surface area contributed by atoms with Crippen LogP contribution in [0.15, 0.2) is 47.4 Å². The Morgan fingerprint density at radius 3 is 2.28 bits per heavy atom.